The third kappa shape index (κ3) is 3.65. The van der Waals surface area contributed by atoms with Crippen molar-refractivity contribution in [2.45, 2.75) is 119 Å². The molecule has 0 spiro atoms. The van der Waals surface area contributed by atoms with Crippen LogP contribution >= 0.6 is 0 Å². The fourth-order valence-electron chi connectivity index (χ4n) is 9.30. The van der Waals surface area contributed by atoms with Gasteiger partial charge in [0.25, 0.3) is 0 Å². The Hall–Kier alpha value is -0.590. The fraction of sp³-hybridized carbons (Fsp3) is 0.897. The minimum absolute atomic E-state index is 0.383. The summed E-state index contributed by atoms with van der Waals surface area (Å²) in [6, 6.07) is 0. The molecular formula is C29H48O. The SMILES string of the molecule is CC(C)=C(C)C(=O)CC[C@@H](C)[C@H]1CC[C@H]2[C@@H]3CCC4CCCC[C@]4(C)[C@H]3CC[C@]12C. The van der Waals surface area contributed by atoms with Crippen LogP contribution in [0.25, 0.3) is 0 Å². The summed E-state index contributed by atoms with van der Waals surface area (Å²) in [4.78, 5) is 12.6. The summed E-state index contributed by atoms with van der Waals surface area (Å²) in [7, 11) is 0. The molecule has 4 aliphatic carbocycles. The highest BCUT2D eigenvalue weighted by atomic mass is 16.1. The average molecular weight is 413 g/mol. The van der Waals surface area contributed by atoms with Crippen LogP contribution in [0.5, 0.6) is 0 Å². The number of fused-ring (bicyclic) bond motifs is 5. The maximum Gasteiger partial charge on any atom is 0.158 e. The fourth-order valence-corrected chi connectivity index (χ4v) is 9.30. The third-order valence-corrected chi connectivity index (χ3v) is 11.3. The summed E-state index contributed by atoms with van der Waals surface area (Å²) in [5, 5.41) is 0. The number of allylic oxidation sites excluding steroid dienone is 2. The smallest absolute Gasteiger partial charge is 0.158 e. The van der Waals surface area contributed by atoms with Gasteiger partial charge in [0.1, 0.15) is 0 Å². The molecule has 8 atom stereocenters. The van der Waals surface area contributed by atoms with E-state index >= 15 is 0 Å². The first-order chi connectivity index (χ1) is 14.2. The van der Waals surface area contributed by atoms with Crippen LogP contribution < -0.4 is 0 Å². The van der Waals surface area contributed by atoms with Gasteiger partial charge in [-0.25, -0.2) is 0 Å². The van der Waals surface area contributed by atoms with Crippen LogP contribution in [-0.2, 0) is 4.79 Å². The van der Waals surface area contributed by atoms with E-state index in [1.54, 1.807) is 0 Å². The molecular weight excluding hydrogens is 364 g/mol. The number of Topliss-reactive ketones (excluding diaryl/α,β-unsaturated/α-hetero) is 1. The van der Waals surface area contributed by atoms with Crippen molar-refractivity contribution in [2.75, 3.05) is 0 Å². The first kappa shape index (κ1) is 22.6. The van der Waals surface area contributed by atoms with E-state index in [0.717, 1.165) is 48.0 Å². The number of hydrogen-bond donors (Lipinski definition) is 0. The molecule has 1 heteroatoms. The molecule has 170 valence electrons. The molecule has 4 aliphatic rings. The molecule has 4 saturated carbocycles. The molecule has 1 unspecified atom stereocenters. The van der Waals surface area contributed by atoms with Crippen LogP contribution in [-0.4, -0.2) is 5.78 Å². The second-order valence-corrected chi connectivity index (χ2v) is 12.7. The Labute approximate surface area is 186 Å². The predicted molar refractivity (Wildman–Crippen MR) is 127 cm³/mol. The van der Waals surface area contributed by atoms with Gasteiger partial charge in [-0.3, -0.25) is 4.79 Å². The predicted octanol–water partition coefficient (Wildman–Crippen LogP) is 8.38. The molecule has 4 rings (SSSR count). The van der Waals surface area contributed by atoms with Crippen LogP contribution in [0.15, 0.2) is 11.1 Å². The summed E-state index contributed by atoms with van der Waals surface area (Å²) < 4.78 is 0. The molecule has 0 aromatic heterocycles. The van der Waals surface area contributed by atoms with Gasteiger partial charge in [-0.15, -0.1) is 0 Å². The first-order valence-electron chi connectivity index (χ1n) is 13.4. The monoisotopic (exact) mass is 412 g/mol. The van der Waals surface area contributed by atoms with Crippen LogP contribution in [0.3, 0.4) is 0 Å². The van der Waals surface area contributed by atoms with Gasteiger partial charge in [-0.2, -0.15) is 0 Å². The molecule has 1 nitrogen and oxygen atoms in total. The second kappa shape index (κ2) is 8.40. The van der Waals surface area contributed by atoms with Crippen molar-refractivity contribution in [3.05, 3.63) is 11.1 Å². The highest BCUT2D eigenvalue weighted by Crippen LogP contribution is 2.68. The molecule has 0 aromatic rings. The lowest BCUT2D eigenvalue weighted by atomic mass is 9.44. The van der Waals surface area contributed by atoms with E-state index in [1.807, 2.05) is 6.92 Å². The third-order valence-electron chi connectivity index (χ3n) is 11.3. The van der Waals surface area contributed by atoms with Gasteiger partial charge in [-0.1, -0.05) is 39.2 Å². The summed E-state index contributed by atoms with van der Waals surface area (Å²) in [5.41, 5.74) is 3.37. The lowest BCUT2D eigenvalue weighted by Gasteiger charge is -2.61. The van der Waals surface area contributed by atoms with E-state index in [1.165, 1.54) is 69.8 Å². The van der Waals surface area contributed by atoms with E-state index < -0.39 is 0 Å². The van der Waals surface area contributed by atoms with Gasteiger partial charge in [0, 0.05) is 6.42 Å². The van der Waals surface area contributed by atoms with Gasteiger partial charge in [0.2, 0.25) is 0 Å². The summed E-state index contributed by atoms with van der Waals surface area (Å²) in [6.45, 7) is 14.0. The van der Waals surface area contributed by atoms with Crippen molar-refractivity contribution < 1.29 is 4.79 Å². The first-order valence-corrected chi connectivity index (χ1v) is 13.4. The summed E-state index contributed by atoms with van der Waals surface area (Å²) in [5.74, 6) is 5.89. The van der Waals surface area contributed by atoms with Crippen LogP contribution in [0.2, 0.25) is 0 Å². The summed E-state index contributed by atoms with van der Waals surface area (Å²) in [6.07, 6.45) is 16.7. The van der Waals surface area contributed by atoms with E-state index in [2.05, 4.69) is 34.6 Å². The number of hydrogen-bond acceptors (Lipinski definition) is 1. The van der Waals surface area contributed by atoms with Gasteiger partial charge >= 0.3 is 0 Å². The van der Waals surface area contributed by atoms with Crippen LogP contribution in [0.4, 0.5) is 0 Å². The molecule has 0 N–H and O–H groups in total. The standard InChI is InChI=1S/C29H48O/c1-19(2)21(4)27(30)15-10-20(3)24-13-14-25-23-12-11-22-9-7-8-17-28(22,5)26(23)16-18-29(24,25)6/h20,22-26H,7-18H2,1-6H3/t20-,22?,23+,24-,25+,26+,28+,29-/m1/s1. The molecule has 0 aromatic carbocycles. The van der Waals surface area contributed by atoms with E-state index in [-0.39, 0.29) is 0 Å². The van der Waals surface area contributed by atoms with Crippen molar-refractivity contribution in [1.82, 2.24) is 0 Å². The molecule has 4 fully saturated rings. The number of ketones is 1. The zero-order valence-electron chi connectivity index (χ0n) is 20.9. The zero-order valence-corrected chi connectivity index (χ0v) is 20.9. The van der Waals surface area contributed by atoms with Gasteiger partial charge in [0.15, 0.2) is 5.78 Å². The Morgan fingerprint density at radius 1 is 0.867 bits per heavy atom. The molecule has 0 amide bonds. The Morgan fingerprint density at radius 3 is 2.33 bits per heavy atom. The normalized spacial score (nSPS) is 43.9. The maximum atomic E-state index is 12.6. The van der Waals surface area contributed by atoms with Gasteiger partial charge in [-0.05, 0) is 130 Å². The number of rotatable bonds is 5. The zero-order chi connectivity index (χ0) is 21.7. The molecule has 0 saturated heterocycles. The molecule has 0 heterocycles. The maximum absolute atomic E-state index is 12.6. The lowest BCUT2D eigenvalue weighted by molar-refractivity contribution is -0.118. The molecule has 0 radical (unpaired) electrons. The molecule has 0 bridgehead atoms. The molecule has 30 heavy (non-hydrogen) atoms. The second-order valence-electron chi connectivity index (χ2n) is 12.7. The average Bonchev–Trinajstić information content (AvgIpc) is 3.07. The highest BCUT2D eigenvalue weighted by Gasteiger charge is 2.60. The van der Waals surface area contributed by atoms with E-state index in [0.29, 0.717) is 22.5 Å². The van der Waals surface area contributed by atoms with Gasteiger partial charge in [0.05, 0.1) is 0 Å². The Bertz CT molecular complexity index is 684. The largest absolute Gasteiger partial charge is 0.295 e. The van der Waals surface area contributed by atoms with Crippen molar-refractivity contribution >= 4 is 5.78 Å². The van der Waals surface area contributed by atoms with Gasteiger partial charge < -0.3 is 0 Å². The van der Waals surface area contributed by atoms with Crippen molar-refractivity contribution in [3.8, 4) is 0 Å². The number of carbonyl (C=O) groups is 1. The Kier molecular flexibility index (Phi) is 6.33. The Morgan fingerprint density at radius 2 is 1.60 bits per heavy atom. The minimum Gasteiger partial charge on any atom is -0.295 e. The highest BCUT2D eigenvalue weighted by molar-refractivity contribution is 5.95. The minimum atomic E-state index is 0.383. The quantitative estimate of drug-likeness (QED) is 0.414. The lowest BCUT2D eigenvalue weighted by Crippen LogP contribution is -2.53. The van der Waals surface area contributed by atoms with E-state index in [9.17, 15) is 4.79 Å². The van der Waals surface area contributed by atoms with Crippen molar-refractivity contribution in [3.63, 3.8) is 0 Å². The summed E-state index contributed by atoms with van der Waals surface area (Å²) >= 11 is 0. The molecule has 0 aliphatic heterocycles. The van der Waals surface area contributed by atoms with Crippen LogP contribution in [0.1, 0.15) is 119 Å². The van der Waals surface area contributed by atoms with Crippen LogP contribution in [0, 0.1) is 46.3 Å². The Balaban J connectivity index is 1.45. The van der Waals surface area contributed by atoms with Crippen molar-refractivity contribution in [2.24, 2.45) is 46.3 Å². The van der Waals surface area contributed by atoms with Crippen molar-refractivity contribution in [1.29, 1.82) is 0 Å². The topological polar surface area (TPSA) is 17.1 Å². The number of carbonyl (C=O) groups excluding carboxylic acids is 1. The van der Waals surface area contributed by atoms with E-state index in [4.69, 9.17) is 0 Å².